The number of allylic oxidation sites excluding steroid dienone is 3. The predicted octanol–water partition coefficient (Wildman–Crippen LogP) is 4.27. The first-order valence-corrected chi connectivity index (χ1v) is 12.4. The van der Waals surface area contributed by atoms with E-state index in [0.29, 0.717) is 17.9 Å². The van der Waals surface area contributed by atoms with Crippen molar-refractivity contribution in [2.75, 3.05) is 13.1 Å². The fourth-order valence-electron chi connectivity index (χ4n) is 3.68. The molecule has 8 heteroatoms. The lowest BCUT2D eigenvalue weighted by molar-refractivity contribution is -0.129. The topological polar surface area (TPSA) is 57.2 Å². The summed E-state index contributed by atoms with van der Waals surface area (Å²) >= 11 is 0. The zero-order valence-electron chi connectivity index (χ0n) is 19.2. The molecule has 0 aromatic heterocycles. The lowest BCUT2D eigenvalue weighted by Gasteiger charge is -2.29. The number of ether oxygens (including phenoxy) is 2. The van der Waals surface area contributed by atoms with Crippen LogP contribution in [0.4, 0.5) is 0 Å². The highest BCUT2D eigenvalue weighted by Crippen LogP contribution is 2.48. The second-order valence-electron chi connectivity index (χ2n) is 8.09. The van der Waals surface area contributed by atoms with E-state index in [0.717, 1.165) is 25.1 Å². The molecule has 0 N–H and O–H groups in total. The molecule has 2 aliphatic rings. The molecule has 1 aromatic rings. The van der Waals surface area contributed by atoms with E-state index in [1.807, 2.05) is 25.1 Å². The second kappa shape index (κ2) is 12.5. The average Bonchev–Trinajstić information content (AvgIpc) is 3.42. The van der Waals surface area contributed by atoms with Crippen LogP contribution in [0, 0.1) is 0 Å². The Morgan fingerprint density at radius 1 is 1.31 bits per heavy atom. The fourth-order valence-corrected chi connectivity index (χ4v) is 5.40. The minimum absolute atomic E-state index is 0.0631. The van der Waals surface area contributed by atoms with Crippen molar-refractivity contribution in [2.45, 2.75) is 57.9 Å². The van der Waals surface area contributed by atoms with E-state index in [2.05, 4.69) is 26.0 Å². The van der Waals surface area contributed by atoms with Crippen molar-refractivity contribution in [2.24, 2.45) is 0 Å². The minimum Gasteiger partial charge on any atom is -0.423 e. The van der Waals surface area contributed by atoms with E-state index in [9.17, 15) is 4.79 Å². The van der Waals surface area contributed by atoms with E-state index in [-0.39, 0.29) is 18.2 Å². The van der Waals surface area contributed by atoms with Crippen LogP contribution >= 0.6 is 8.53 Å². The van der Waals surface area contributed by atoms with Gasteiger partial charge in [-0.3, -0.25) is 0 Å². The van der Waals surface area contributed by atoms with Crippen molar-refractivity contribution < 1.29 is 23.3 Å². The summed E-state index contributed by atoms with van der Waals surface area (Å²) in [5.41, 5.74) is 1.40. The van der Waals surface area contributed by atoms with Gasteiger partial charge in [0.1, 0.15) is 13.6 Å². The van der Waals surface area contributed by atoms with E-state index in [4.69, 9.17) is 18.5 Å². The zero-order chi connectivity index (χ0) is 22.9. The Balaban J connectivity index is 1.57. The molecule has 2 unspecified atom stereocenters. The van der Waals surface area contributed by atoms with Crippen LogP contribution in [-0.2, 0) is 25.2 Å². The van der Waals surface area contributed by atoms with Crippen LogP contribution in [0.2, 0.25) is 0 Å². The van der Waals surface area contributed by atoms with Crippen LogP contribution in [0.25, 0.3) is 0 Å². The van der Waals surface area contributed by atoms with Crippen LogP contribution in [0.5, 0.6) is 5.75 Å². The van der Waals surface area contributed by atoms with Crippen LogP contribution in [-0.4, -0.2) is 49.8 Å². The molecule has 0 amide bonds. The minimum atomic E-state index is -1.14. The summed E-state index contributed by atoms with van der Waals surface area (Å²) in [7, 11) is 0.947. The van der Waals surface area contributed by atoms with Gasteiger partial charge in [0, 0.05) is 19.1 Å². The van der Waals surface area contributed by atoms with Crippen molar-refractivity contribution in [3.63, 3.8) is 0 Å². The summed E-state index contributed by atoms with van der Waals surface area (Å²) < 4.78 is 26.3. The van der Waals surface area contributed by atoms with E-state index < -0.39 is 14.5 Å². The molecule has 2 aliphatic heterocycles. The lowest BCUT2D eigenvalue weighted by atomic mass is 9.96. The molecule has 0 saturated carbocycles. The molecule has 0 aliphatic carbocycles. The Morgan fingerprint density at radius 3 is 2.62 bits per heavy atom. The van der Waals surface area contributed by atoms with Gasteiger partial charge in [0.15, 0.2) is 0 Å². The Labute approximate surface area is 193 Å². The Bertz CT molecular complexity index is 822. The molecule has 1 aromatic carbocycles. The van der Waals surface area contributed by atoms with Gasteiger partial charge < -0.3 is 18.5 Å². The molecule has 32 heavy (non-hydrogen) atoms. The first kappa shape index (κ1) is 24.9. The maximum atomic E-state index is 12.3. The summed E-state index contributed by atoms with van der Waals surface area (Å²) in [6.07, 6.45) is 10.2. The average molecular weight is 457 g/mol. The number of hydrogen-bond acceptors (Lipinski definition) is 6. The van der Waals surface area contributed by atoms with Gasteiger partial charge in [0.25, 0.3) is 8.53 Å². The summed E-state index contributed by atoms with van der Waals surface area (Å²) in [4.78, 5) is 12.3. The van der Waals surface area contributed by atoms with Crippen LogP contribution in [0.3, 0.4) is 0 Å². The molecule has 2 heterocycles. The quantitative estimate of drug-likeness (QED) is 0.131. The van der Waals surface area contributed by atoms with Gasteiger partial charge >= 0.3 is 5.97 Å². The molecule has 6 nitrogen and oxygen atoms in total. The summed E-state index contributed by atoms with van der Waals surface area (Å²) in [6, 6.07) is 7.59. The molecule has 0 spiro atoms. The molecule has 172 valence electrons. The predicted molar refractivity (Wildman–Crippen MR) is 130 cm³/mol. The Kier molecular flexibility index (Phi) is 9.70. The lowest BCUT2D eigenvalue weighted by Crippen LogP contribution is -2.24. The standard InChI is InChI=1S/C24H33BNO5P/c1-4-6-9-20(5-2)24(27)30-21-12-10-19(11-13-21)17-28-32(26-14-7-8-15-26)31-22-16-23(25)29-18(22)3/h4-6,9-13,18,22-23H,2,7-8,14-17,25H2,1,3H3/b6-4-,20-9+/t18?,22-,23-,32?/m1/s1. The smallest absolute Gasteiger partial charge is 0.343 e. The highest BCUT2D eigenvalue weighted by molar-refractivity contribution is 7.44. The van der Waals surface area contributed by atoms with Gasteiger partial charge in [-0.15, -0.1) is 0 Å². The van der Waals surface area contributed by atoms with Crippen molar-refractivity contribution >= 4 is 22.3 Å². The van der Waals surface area contributed by atoms with Gasteiger partial charge in [-0.05, 0) is 56.9 Å². The molecule has 0 radical (unpaired) electrons. The molecule has 0 bridgehead atoms. The van der Waals surface area contributed by atoms with Crippen LogP contribution < -0.4 is 4.74 Å². The fraction of sp³-hybridized carbons (Fsp3) is 0.458. The number of carbonyl (C=O) groups excluding carboxylic acids is 1. The molecule has 4 atom stereocenters. The van der Waals surface area contributed by atoms with E-state index >= 15 is 0 Å². The van der Waals surface area contributed by atoms with Gasteiger partial charge in [-0.2, -0.15) is 0 Å². The molecule has 2 fully saturated rings. The van der Waals surface area contributed by atoms with Crippen molar-refractivity contribution in [3.05, 3.63) is 66.3 Å². The number of rotatable bonds is 10. The third kappa shape index (κ3) is 7.13. The maximum Gasteiger partial charge on any atom is 0.343 e. The normalized spacial score (nSPS) is 25.3. The van der Waals surface area contributed by atoms with E-state index in [1.54, 1.807) is 24.3 Å². The number of hydrogen-bond donors (Lipinski definition) is 0. The summed E-state index contributed by atoms with van der Waals surface area (Å²) in [5.74, 6) is 0.0473. The van der Waals surface area contributed by atoms with Crippen molar-refractivity contribution in [1.82, 2.24) is 4.67 Å². The molecule has 3 rings (SSSR count). The summed E-state index contributed by atoms with van der Waals surface area (Å²) in [5, 5.41) is 0. The number of benzene rings is 1. The molecule has 2 saturated heterocycles. The monoisotopic (exact) mass is 457 g/mol. The van der Waals surface area contributed by atoms with Crippen LogP contribution in [0.15, 0.2) is 60.7 Å². The van der Waals surface area contributed by atoms with E-state index in [1.165, 1.54) is 18.9 Å². The number of esters is 1. The first-order chi connectivity index (χ1) is 15.5. The third-order valence-electron chi connectivity index (χ3n) is 5.47. The zero-order valence-corrected chi connectivity index (χ0v) is 20.1. The molecular weight excluding hydrogens is 424 g/mol. The number of carbonyl (C=O) groups is 1. The Morgan fingerprint density at radius 2 is 2.03 bits per heavy atom. The van der Waals surface area contributed by atoms with Crippen molar-refractivity contribution in [1.29, 1.82) is 0 Å². The first-order valence-electron chi connectivity index (χ1n) is 11.3. The highest BCUT2D eigenvalue weighted by Gasteiger charge is 2.35. The number of nitrogens with zero attached hydrogens (tertiary/aromatic N) is 1. The second-order valence-corrected chi connectivity index (χ2v) is 9.60. The molecular formula is C24H33BNO5P. The van der Waals surface area contributed by atoms with Gasteiger partial charge in [0.2, 0.25) is 0 Å². The SMILES string of the molecule is B[C@H]1C[C@@H](OP(OCc2ccc(OC(=O)/C(C=C)=C/C=C\C)cc2)N2CCCC2)C(C)O1. The van der Waals surface area contributed by atoms with Gasteiger partial charge in [-0.1, -0.05) is 36.9 Å². The largest absolute Gasteiger partial charge is 0.423 e. The van der Waals surface area contributed by atoms with Crippen LogP contribution in [0.1, 0.15) is 38.7 Å². The summed E-state index contributed by atoms with van der Waals surface area (Å²) in [6.45, 7) is 10.1. The van der Waals surface area contributed by atoms with Gasteiger partial charge in [0.05, 0.1) is 24.4 Å². The van der Waals surface area contributed by atoms with Crippen molar-refractivity contribution in [3.8, 4) is 5.75 Å². The Hall–Kier alpha value is -1.76. The maximum absolute atomic E-state index is 12.3. The van der Waals surface area contributed by atoms with Gasteiger partial charge in [-0.25, -0.2) is 9.46 Å². The highest BCUT2D eigenvalue weighted by atomic mass is 31.2. The third-order valence-corrected chi connectivity index (χ3v) is 7.14.